The van der Waals surface area contributed by atoms with Crippen LogP contribution in [0.1, 0.15) is 49.3 Å². The summed E-state index contributed by atoms with van der Waals surface area (Å²) in [7, 11) is 0. The third kappa shape index (κ3) is 2.73. The van der Waals surface area contributed by atoms with Crippen molar-refractivity contribution in [2.75, 3.05) is 0 Å². The van der Waals surface area contributed by atoms with Crippen molar-refractivity contribution in [1.82, 2.24) is 5.32 Å². The second kappa shape index (κ2) is 4.84. The molecule has 1 fully saturated rings. The van der Waals surface area contributed by atoms with Crippen LogP contribution in [0, 0.1) is 0 Å². The van der Waals surface area contributed by atoms with Crippen LogP contribution in [0.2, 0.25) is 0 Å². The van der Waals surface area contributed by atoms with Crippen LogP contribution in [0.15, 0.2) is 24.8 Å². The second-order valence-electron chi connectivity index (χ2n) is 4.97. The van der Waals surface area contributed by atoms with Gasteiger partial charge < -0.3 is 5.32 Å². The maximum Gasteiger partial charge on any atom is 0.0211 e. The van der Waals surface area contributed by atoms with Gasteiger partial charge in [-0.1, -0.05) is 44.7 Å². The zero-order valence-corrected chi connectivity index (χ0v) is 10.3. The molecule has 1 aromatic carbocycles. The lowest BCUT2D eigenvalue weighted by atomic mass is 9.95. The summed E-state index contributed by atoms with van der Waals surface area (Å²) in [6, 6.07) is 7.43. The molecule has 16 heavy (non-hydrogen) atoms. The average molecular weight is 215 g/mol. The lowest BCUT2D eigenvalue weighted by Crippen LogP contribution is -2.16. The Morgan fingerprint density at radius 2 is 2.19 bits per heavy atom. The molecule has 0 aliphatic heterocycles. The highest BCUT2D eigenvalue weighted by Gasteiger charge is 2.20. The van der Waals surface area contributed by atoms with Crippen molar-refractivity contribution in [3.8, 4) is 0 Å². The summed E-state index contributed by atoms with van der Waals surface area (Å²) >= 11 is 0. The van der Waals surface area contributed by atoms with Gasteiger partial charge >= 0.3 is 0 Å². The first kappa shape index (κ1) is 11.4. The van der Waals surface area contributed by atoms with E-state index in [9.17, 15) is 0 Å². The highest BCUT2D eigenvalue weighted by molar-refractivity contribution is 5.50. The molecule has 0 bridgehead atoms. The normalized spacial score (nSPS) is 15.4. The average Bonchev–Trinajstić information content (AvgIpc) is 3.09. The molecule has 0 atom stereocenters. The number of nitrogens with one attached hydrogen (secondary N) is 1. The van der Waals surface area contributed by atoms with Gasteiger partial charge in [0.2, 0.25) is 0 Å². The Labute approximate surface area is 98.6 Å². The van der Waals surface area contributed by atoms with E-state index < -0.39 is 0 Å². The zero-order valence-electron chi connectivity index (χ0n) is 10.3. The van der Waals surface area contributed by atoms with Crippen molar-refractivity contribution >= 4 is 6.08 Å². The molecule has 1 saturated carbocycles. The highest BCUT2D eigenvalue weighted by atomic mass is 14.9. The van der Waals surface area contributed by atoms with E-state index in [0.717, 1.165) is 12.6 Å². The summed E-state index contributed by atoms with van der Waals surface area (Å²) in [6.45, 7) is 9.34. The van der Waals surface area contributed by atoms with Crippen molar-refractivity contribution in [2.45, 2.75) is 45.2 Å². The second-order valence-corrected chi connectivity index (χ2v) is 4.97. The van der Waals surface area contributed by atoms with Crippen LogP contribution in [-0.2, 0) is 6.54 Å². The lowest BCUT2D eigenvalue weighted by Gasteiger charge is -2.14. The van der Waals surface area contributed by atoms with E-state index in [1.54, 1.807) is 0 Å². The third-order valence-corrected chi connectivity index (χ3v) is 3.18. The molecule has 0 heterocycles. The molecule has 1 aliphatic carbocycles. The molecule has 0 spiro atoms. The van der Waals surface area contributed by atoms with Crippen molar-refractivity contribution < 1.29 is 0 Å². The standard InChI is InChI=1S/C15H21N/c1-4-12-5-8-15(11(2)3)13(9-12)10-16-14-6-7-14/h4-5,8-9,11,14,16H,1,6-7,10H2,2-3H3. The van der Waals surface area contributed by atoms with E-state index in [-0.39, 0.29) is 0 Å². The van der Waals surface area contributed by atoms with Gasteiger partial charge in [0.1, 0.15) is 0 Å². The van der Waals surface area contributed by atoms with Gasteiger partial charge in [0, 0.05) is 12.6 Å². The minimum atomic E-state index is 0.592. The maximum absolute atomic E-state index is 3.83. The molecule has 2 rings (SSSR count). The van der Waals surface area contributed by atoms with Gasteiger partial charge in [-0.15, -0.1) is 0 Å². The summed E-state index contributed by atoms with van der Waals surface area (Å²) in [5.74, 6) is 0.592. The fraction of sp³-hybridized carbons (Fsp3) is 0.467. The van der Waals surface area contributed by atoms with Gasteiger partial charge in [0.25, 0.3) is 0 Å². The smallest absolute Gasteiger partial charge is 0.0211 e. The first-order chi connectivity index (χ1) is 7.70. The molecule has 0 amide bonds. The van der Waals surface area contributed by atoms with Gasteiger partial charge in [-0.3, -0.25) is 0 Å². The monoisotopic (exact) mass is 215 g/mol. The quantitative estimate of drug-likeness (QED) is 0.789. The maximum atomic E-state index is 3.83. The summed E-state index contributed by atoms with van der Waals surface area (Å²) in [6.07, 6.45) is 4.61. The zero-order chi connectivity index (χ0) is 11.5. The third-order valence-electron chi connectivity index (χ3n) is 3.18. The van der Waals surface area contributed by atoms with Crippen LogP contribution < -0.4 is 5.32 Å². The first-order valence-corrected chi connectivity index (χ1v) is 6.19. The summed E-state index contributed by atoms with van der Waals surface area (Å²) in [5, 5.41) is 3.59. The van der Waals surface area contributed by atoms with Crippen molar-refractivity contribution in [2.24, 2.45) is 0 Å². The van der Waals surface area contributed by atoms with Crippen molar-refractivity contribution in [1.29, 1.82) is 0 Å². The molecule has 0 radical (unpaired) electrons. The molecular weight excluding hydrogens is 194 g/mol. The molecular formula is C15H21N. The number of hydrogen-bond acceptors (Lipinski definition) is 1. The van der Waals surface area contributed by atoms with Crippen LogP contribution in [0.4, 0.5) is 0 Å². The molecule has 1 N–H and O–H groups in total. The van der Waals surface area contributed by atoms with Crippen LogP contribution in [0.25, 0.3) is 6.08 Å². The van der Waals surface area contributed by atoms with Crippen LogP contribution in [0.5, 0.6) is 0 Å². The van der Waals surface area contributed by atoms with Crippen LogP contribution in [0.3, 0.4) is 0 Å². The van der Waals surface area contributed by atoms with Gasteiger partial charge in [-0.2, -0.15) is 0 Å². The molecule has 1 heteroatoms. The molecule has 1 nitrogen and oxygen atoms in total. The molecule has 0 unspecified atom stereocenters. The van der Waals surface area contributed by atoms with E-state index in [2.05, 4.69) is 43.9 Å². The van der Waals surface area contributed by atoms with Gasteiger partial charge in [0.15, 0.2) is 0 Å². The number of hydrogen-bond donors (Lipinski definition) is 1. The SMILES string of the molecule is C=Cc1ccc(C(C)C)c(CNC2CC2)c1. The predicted octanol–water partition coefficient (Wildman–Crippen LogP) is 3.71. The van der Waals surface area contributed by atoms with E-state index >= 15 is 0 Å². The Morgan fingerprint density at radius 3 is 2.75 bits per heavy atom. The molecule has 86 valence electrons. The largest absolute Gasteiger partial charge is 0.310 e. The highest BCUT2D eigenvalue weighted by Crippen LogP contribution is 2.24. The van der Waals surface area contributed by atoms with Crippen molar-refractivity contribution in [3.63, 3.8) is 0 Å². The van der Waals surface area contributed by atoms with E-state index in [1.807, 2.05) is 6.08 Å². The minimum Gasteiger partial charge on any atom is -0.310 e. The number of benzene rings is 1. The van der Waals surface area contributed by atoms with E-state index in [1.165, 1.54) is 29.5 Å². The number of rotatable bonds is 5. The summed E-state index contributed by atoms with van der Waals surface area (Å²) in [5.41, 5.74) is 4.11. The van der Waals surface area contributed by atoms with E-state index in [0.29, 0.717) is 5.92 Å². The molecule has 0 aromatic heterocycles. The molecule has 0 saturated heterocycles. The summed E-state index contributed by atoms with van der Waals surface area (Å²) < 4.78 is 0. The van der Waals surface area contributed by atoms with Gasteiger partial charge in [-0.25, -0.2) is 0 Å². The topological polar surface area (TPSA) is 12.0 Å². The van der Waals surface area contributed by atoms with Crippen LogP contribution >= 0.6 is 0 Å². The summed E-state index contributed by atoms with van der Waals surface area (Å²) in [4.78, 5) is 0. The van der Waals surface area contributed by atoms with E-state index in [4.69, 9.17) is 0 Å². The van der Waals surface area contributed by atoms with Crippen molar-refractivity contribution in [3.05, 3.63) is 41.5 Å². The lowest BCUT2D eigenvalue weighted by molar-refractivity contribution is 0.676. The Balaban J connectivity index is 2.18. The van der Waals surface area contributed by atoms with Gasteiger partial charge in [0.05, 0.1) is 0 Å². The predicted molar refractivity (Wildman–Crippen MR) is 70.5 cm³/mol. The fourth-order valence-electron chi connectivity index (χ4n) is 2.01. The Kier molecular flexibility index (Phi) is 3.45. The first-order valence-electron chi connectivity index (χ1n) is 6.19. The molecule has 1 aliphatic rings. The Morgan fingerprint density at radius 1 is 1.44 bits per heavy atom. The Bertz CT molecular complexity index is 375. The van der Waals surface area contributed by atoms with Crippen LogP contribution in [-0.4, -0.2) is 6.04 Å². The van der Waals surface area contributed by atoms with Gasteiger partial charge in [-0.05, 0) is 35.4 Å². The Hall–Kier alpha value is -1.08. The fourth-order valence-corrected chi connectivity index (χ4v) is 2.01. The minimum absolute atomic E-state index is 0.592. The molecule has 1 aromatic rings.